The molecule has 0 atom stereocenters. The summed E-state index contributed by atoms with van der Waals surface area (Å²) in [5.74, 6) is 5.38. The van der Waals surface area contributed by atoms with Crippen molar-refractivity contribution in [2.75, 3.05) is 5.84 Å². The molecule has 0 spiro atoms. The molecule has 10 heteroatoms. The fourth-order valence-electron chi connectivity index (χ4n) is 1.51. The number of imidazole rings is 1. The Morgan fingerprint density at radius 1 is 1.28 bits per heavy atom. The predicted molar refractivity (Wildman–Crippen MR) is 56.3 cm³/mol. The largest absolute Gasteiger partial charge is 0.417 e. The maximum atomic E-state index is 12.7. The van der Waals surface area contributed by atoms with Gasteiger partial charge >= 0.3 is 6.18 Å². The van der Waals surface area contributed by atoms with E-state index in [0.717, 1.165) is 17.1 Å². The van der Waals surface area contributed by atoms with Gasteiger partial charge < -0.3 is 5.84 Å². The number of primary sulfonamides is 1. The summed E-state index contributed by atoms with van der Waals surface area (Å²) in [4.78, 5) is 2.59. The van der Waals surface area contributed by atoms with Crippen LogP contribution in [-0.4, -0.2) is 18.1 Å². The first-order chi connectivity index (χ1) is 8.10. The van der Waals surface area contributed by atoms with E-state index in [1.165, 1.54) is 0 Å². The van der Waals surface area contributed by atoms with Gasteiger partial charge in [0.15, 0.2) is 0 Å². The van der Waals surface area contributed by atoms with Gasteiger partial charge in [0.05, 0.1) is 21.5 Å². The molecule has 2 rings (SSSR count). The number of aromatic nitrogens is 2. The van der Waals surface area contributed by atoms with Crippen LogP contribution in [0.15, 0.2) is 23.4 Å². The van der Waals surface area contributed by atoms with Gasteiger partial charge in [-0.1, -0.05) is 0 Å². The molecule has 0 unspecified atom stereocenters. The molecule has 0 saturated heterocycles. The summed E-state index contributed by atoms with van der Waals surface area (Å²) in [6, 6.07) is 1.35. The van der Waals surface area contributed by atoms with Crippen LogP contribution in [0.2, 0.25) is 0 Å². The van der Waals surface area contributed by atoms with Crippen LogP contribution in [0.25, 0.3) is 11.0 Å². The van der Waals surface area contributed by atoms with Crippen molar-refractivity contribution in [2.24, 2.45) is 5.14 Å². The molecular weight excluding hydrogens is 273 g/mol. The lowest BCUT2D eigenvalue weighted by atomic mass is 10.2. The zero-order valence-corrected chi connectivity index (χ0v) is 9.46. The molecule has 0 radical (unpaired) electrons. The zero-order valence-electron chi connectivity index (χ0n) is 8.64. The van der Waals surface area contributed by atoms with Gasteiger partial charge in [0, 0.05) is 0 Å². The summed E-state index contributed by atoms with van der Waals surface area (Å²) in [5, 5.41) is 4.77. The summed E-state index contributed by atoms with van der Waals surface area (Å²) < 4.78 is 61.5. The molecule has 0 saturated carbocycles. The summed E-state index contributed by atoms with van der Waals surface area (Å²) >= 11 is 0. The van der Waals surface area contributed by atoms with Gasteiger partial charge in [-0.05, 0) is 12.1 Å². The molecule has 4 N–H and O–H groups in total. The molecule has 18 heavy (non-hydrogen) atoms. The third-order valence-electron chi connectivity index (χ3n) is 2.29. The third-order valence-corrected chi connectivity index (χ3v) is 3.24. The Morgan fingerprint density at radius 2 is 1.89 bits per heavy atom. The van der Waals surface area contributed by atoms with E-state index < -0.39 is 26.7 Å². The van der Waals surface area contributed by atoms with E-state index >= 15 is 0 Å². The Kier molecular flexibility index (Phi) is 2.52. The number of nitrogens with two attached hydrogens (primary N) is 2. The van der Waals surface area contributed by atoms with Gasteiger partial charge in [0.1, 0.15) is 6.33 Å². The van der Waals surface area contributed by atoms with E-state index in [1.807, 2.05) is 0 Å². The molecule has 1 aromatic carbocycles. The highest BCUT2D eigenvalue weighted by Crippen LogP contribution is 2.35. The molecule has 0 fully saturated rings. The maximum Gasteiger partial charge on any atom is 0.417 e. The SMILES string of the molecule is Nn1cnc2cc(C(F)(F)F)c(S(N)(=O)=O)cc21. The van der Waals surface area contributed by atoms with Crippen molar-refractivity contribution < 1.29 is 21.6 Å². The molecule has 2 aromatic rings. The lowest BCUT2D eigenvalue weighted by Crippen LogP contribution is -2.19. The monoisotopic (exact) mass is 280 g/mol. The number of hydrogen-bond donors (Lipinski definition) is 2. The molecule has 0 aliphatic carbocycles. The van der Waals surface area contributed by atoms with Crippen LogP contribution < -0.4 is 11.0 Å². The van der Waals surface area contributed by atoms with E-state index in [1.54, 1.807) is 0 Å². The first-order valence-corrected chi connectivity index (χ1v) is 6.01. The van der Waals surface area contributed by atoms with E-state index in [9.17, 15) is 21.6 Å². The number of fused-ring (bicyclic) bond motifs is 1. The van der Waals surface area contributed by atoms with E-state index in [2.05, 4.69) is 4.98 Å². The van der Waals surface area contributed by atoms with Crippen molar-refractivity contribution in [3.8, 4) is 0 Å². The molecule has 98 valence electrons. The number of nitrogens with zero attached hydrogens (tertiary/aromatic N) is 2. The summed E-state index contributed by atoms with van der Waals surface area (Å²) in [6.45, 7) is 0. The fraction of sp³-hybridized carbons (Fsp3) is 0.125. The molecule has 0 bridgehead atoms. The van der Waals surface area contributed by atoms with Gasteiger partial charge in [0.25, 0.3) is 0 Å². The van der Waals surface area contributed by atoms with Gasteiger partial charge in [-0.15, -0.1) is 0 Å². The Balaban J connectivity index is 2.91. The van der Waals surface area contributed by atoms with E-state index in [-0.39, 0.29) is 11.0 Å². The van der Waals surface area contributed by atoms with Gasteiger partial charge in [0.2, 0.25) is 10.0 Å². The average Bonchev–Trinajstić information content (AvgIpc) is 2.56. The van der Waals surface area contributed by atoms with E-state index in [4.69, 9.17) is 11.0 Å². The standard InChI is InChI=1S/C8H7F3N4O2S/c9-8(10,11)4-1-5-6(15(12)3-14-5)2-7(4)18(13,16)17/h1-3H,12H2,(H2,13,16,17). The number of hydrogen-bond acceptors (Lipinski definition) is 4. The lowest BCUT2D eigenvalue weighted by molar-refractivity contribution is -0.139. The second-order valence-electron chi connectivity index (χ2n) is 3.53. The van der Waals surface area contributed by atoms with Crippen LogP contribution in [0.1, 0.15) is 5.56 Å². The number of rotatable bonds is 1. The molecule has 6 nitrogen and oxygen atoms in total. The Bertz CT molecular complexity index is 720. The van der Waals surface area contributed by atoms with Gasteiger partial charge in [-0.25, -0.2) is 23.2 Å². The molecular formula is C8H7F3N4O2S. The highest BCUT2D eigenvalue weighted by molar-refractivity contribution is 7.89. The molecule has 1 heterocycles. The zero-order chi connectivity index (χ0) is 13.7. The fourth-order valence-corrected chi connectivity index (χ4v) is 2.27. The summed E-state index contributed by atoms with van der Waals surface area (Å²) in [5.41, 5.74) is -1.40. The molecule has 0 aliphatic rings. The molecule has 0 aliphatic heterocycles. The van der Waals surface area contributed by atoms with Crippen molar-refractivity contribution in [3.05, 3.63) is 24.0 Å². The first kappa shape index (κ1) is 12.6. The van der Waals surface area contributed by atoms with Crippen molar-refractivity contribution in [1.29, 1.82) is 0 Å². The smallest absolute Gasteiger partial charge is 0.338 e. The highest BCUT2D eigenvalue weighted by atomic mass is 32.2. The van der Waals surface area contributed by atoms with Crippen LogP contribution in [0, 0.1) is 0 Å². The topological polar surface area (TPSA) is 104 Å². The van der Waals surface area contributed by atoms with Crippen LogP contribution >= 0.6 is 0 Å². The van der Waals surface area contributed by atoms with Gasteiger partial charge in [-0.3, -0.25) is 0 Å². The number of alkyl halides is 3. The van der Waals surface area contributed by atoms with Crippen LogP contribution in [0.5, 0.6) is 0 Å². The van der Waals surface area contributed by atoms with Crippen molar-refractivity contribution >= 4 is 21.1 Å². The highest BCUT2D eigenvalue weighted by Gasteiger charge is 2.37. The normalized spacial score (nSPS) is 13.1. The minimum absolute atomic E-state index is 0.0343. The second-order valence-corrected chi connectivity index (χ2v) is 5.06. The number of nitrogen functional groups attached to an aromatic ring is 1. The van der Waals surface area contributed by atoms with Crippen LogP contribution in [0.4, 0.5) is 13.2 Å². The maximum absolute atomic E-state index is 12.7. The Hall–Kier alpha value is -1.81. The average molecular weight is 280 g/mol. The van der Waals surface area contributed by atoms with Crippen molar-refractivity contribution in [1.82, 2.24) is 9.66 Å². The number of halogens is 3. The Morgan fingerprint density at radius 3 is 2.39 bits per heavy atom. The minimum atomic E-state index is -4.85. The Labute approximate surface area is 99.0 Å². The van der Waals surface area contributed by atoms with Crippen LogP contribution in [-0.2, 0) is 16.2 Å². The van der Waals surface area contributed by atoms with Crippen molar-refractivity contribution in [3.63, 3.8) is 0 Å². The minimum Gasteiger partial charge on any atom is -0.338 e. The lowest BCUT2D eigenvalue weighted by Gasteiger charge is -2.11. The quantitative estimate of drug-likeness (QED) is 0.738. The molecule has 1 aromatic heterocycles. The molecule has 0 amide bonds. The van der Waals surface area contributed by atoms with Gasteiger partial charge in [-0.2, -0.15) is 13.2 Å². The second kappa shape index (κ2) is 3.59. The van der Waals surface area contributed by atoms with Crippen molar-refractivity contribution in [2.45, 2.75) is 11.1 Å². The number of sulfonamides is 1. The summed E-state index contributed by atoms with van der Waals surface area (Å²) in [6.07, 6.45) is -3.79. The van der Waals surface area contributed by atoms with Crippen LogP contribution in [0.3, 0.4) is 0 Å². The summed E-state index contributed by atoms with van der Waals surface area (Å²) in [7, 11) is -4.52. The third kappa shape index (κ3) is 1.99. The van der Waals surface area contributed by atoms with E-state index in [0.29, 0.717) is 6.07 Å². The number of benzene rings is 1. The predicted octanol–water partition coefficient (Wildman–Crippen LogP) is 0.416. The first-order valence-electron chi connectivity index (χ1n) is 4.47.